The van der Waals surface area contributed by atoms with E-state index in [0.717, 1.165) is 12.1 Å². The van der Waals surface area contributed by atoms with Crippen LogP contribution >= 0.6 is 11.6 Å². The summed E-state index contributed by atoms with van der Waals surface area (Å²) in [7, 11) is -7.74. The highest BCUT2D eigenvalue weighted by Crippen LogP contribution is 2.21. The topological polar surface area (TPSA) is 80.3 Å². The Balaban J connectivity index is 2.28. The van der Waals surface area contributed by atoms with Gasteiger partial charge in [-0.1, -0.05) is 0 Å². The Morgan fingerprint density at radius 2 is 1.90 bits per heavy atom. The number of halogens is 3. The van der Waals surface area contributed by atoms with Crippen molar-refractivity contribution in [1.82, 2.24) is 4.72 Å². The third kappa shape index (κ3) is 3.27. The summed E-state index contributed by atoms with van der Waals surface area (Å²) in [6.07, 6.45) is 0. The molecule has 10 heteroatoms. The molecule has 1 aromatic carbocycles. The fourth-order valence-corrected chi connectivity index (χ4v) is 5.93. The largest absolute Gasteiger partial charge is 0.243 e. The quantitative estimate of drug-likeness (QED) is 0.816. The molecule has 1 aliphatic rings. The Hall–Kier alpha value is -0.770. The predicted molar refractivity (Wildman–Crippen MR) is 68.8 cm³/mol. The highest BCUT2D eigenvalue weighted by Gasteiger charge is 2.39. The molecule has 20 heavy (non-hydrogen) atoms. The molecular weight excluding hydrogens is 336 g/mol. The summed E-state index contributed by atoms with van der Waals surface area (Å²) in [6.45, 7) is 0. The average molecular weight is 346 g/mol. The van der Waals surface area contributed by atoms with E-state index in [1.807, 2.05) is 4.72 Å². The van der Waals surface area contributed by atoms with E-state index in [4.69, 9.17) is 11.6 Å². The molecule has 5 nitrogen and oxygen atoms in total. The summed E-state index contributed by atoms with van der Waals surface area (Å²) in [4.78, 5) is -0.757. The molecule has 1 heterocycles. The van der Waals surface area contributed by atoms with Gasteiger partial charge in [0.05, 0.1) is 22.9 Å². The standard InChI is InChI=1S/C10H10ClF2NO4S2/c11-7-4-19(15,16)5-9(7)14-20(17,18)10-2-1-6(12)3-8(10)13/h1-3,7,9,14H,4-5H2. The van der Waals surface area contributed by atoms with Crippen molar-refractivity contribution >= 4 is 31.5 Å². The molecule has 1 aliphatic heterocycles. The molecule has 1 saturated heterocycles. The Bertz CT molecular complexity index is 736. The SMILES string of the molecule is O=S1(=O)CC(Cl)C(NS(=O)(=O)c2ccc(F)cc2F)C1. The van der Waals surface area contributed by atoms with Gasteiger partial charge in [-0.05, 0) is 12.1 Å². The Kier molecular flexibility index (Phi) is 4.07. The van der Waals surface area contributed by atoms with Crippen molar-refractivity contribution in [2.24, 2.45) is 0 Å². The van der Waals surface area contributed by atoms with Crippen LogP contribution in [0.25, 0.3) is 0 Å². The van der Waals surface area contributed by atoms with Crippen LogP contribution < -0.4 is 4.72 Å². The van der Waals surface area contributed by atoms with Crippen molar-refractivity contribution < 1.29 is 25.6 Å². The van der Waals surface area contributed by atoms with Gasteiger partial charge in [0, 0.05) is 6.07 Å². The first-order valence-electron chi connectivity index (χ1n) is 5.42. The van der Waals surface area contributed by atoms with Gasteiger partial charge >= 0.3 is 0 Å². The minimum absolute atomic E-state index is 0.354. The molecule has 2 atom stereocenters. The molecule has 0 aromatic heterocycles. The van der Waals surface area contributed by atoms with Gasteiger partial charge in [-0.15, -0.1) is 11.6 Å². The summed E-state index contributed by atoms with van der Waals surface area (Å²) in [5.74, 6) is -2.98. The minimum atomic E-state index is -4.31. The maximum absolute atomic E-state index is 13.5. The molecule has 2 unspecified atom stereocenters. The van der Waals surface area contributed by atoms with Gasteiger partial charge in [-0.25, -0.2) is 30.3 Å². The van der Waals surface area contributed by atoms with E-state index >= 15 is 0 Å². The lowest BCUT2D eigenvalue weighted by atomic mass is 10.3. The van der Waals surface area contributed by atoms with Crippen molar-refractivity contribution in [2.45, 2.75) is 16.3 Å². The molecule has 0 spiro atoms. The van der Waals surface area contributed by atoms with Crippen LogP contribution in [-0.2, 0) is 19.9 Å². The number of sulfonamides is 1. The molecule has 0 amide bonds. The number of sulfone groups is 1. The fourth-order valence-electron chi connectivity index (χ4n) is 1.87. The van der Waals surface area contributed by atoms with Crippen molar-refractivity contribution in [3.8, 4) is 0 Å². The van der Waals surface area contributed by atoms with Gasteiger partial charge in [-0.2, -0.15) is 0 Å². The maximum atomic E-state index is 13.5. The van der Waals surface area contributed by atoms with Crippen LogP contribution in [0.3, 0.4) is 0 Å². The van der Waals surface area contributed by atoms with Crippen LogP contribution in [0.2, 0.25) is 0 Å². The summed E-state index contributed by atoms with van der Waals surface area (Å²) < 4.78 is 74.8. The molecule has 2 rings (SSSR count). The number of nitrogens with one attached hydrogen (secondary N) is 1. The van der Waals surface area contributed by atoms with E-state index < -0.39 is 53.6 Å². The first-order valence-corrected chi connectivity index (χ1v) is 9.17. The Morgan fingerprint density at radius 3 is 2.40 bits per heavy atom. The summed E-state index contributed by atoms with van der Waals surface area (Å²) in [5.41, 5.74) is 0. The number of alkyl halides is 1. The van der Waals surface area contributed by atoms with Gasteiger partial charge in [0.25, 0.3) is 0 Å². The second-order valence-corrected chi connectivity index (χ2v) is 8.79. The second kappa shape index (κ2) is 5.21. The van der Waals surface area contributed by atoms with Gasteiger partial charge in [0.1, 0.15) is 16.5 Å². The first kappa shape index (κ1) is 15.6. The van der Waals surface area contributed by atoms with Crippen molar-refractivity contribution in [2.75, 3.05) is 11.5 Å². The lowest BCUT2D eigenvalue weighted by Crippen LogP contribution is -2.40. The summed E-state index contributed by atoms with van der Waals surface area (Å²) in [6, 6.07) is 0.940. The zero-order valence-corrected chi connectivity index (χ0v) is 12.3. The number of hydrogen-bond acceptors (Lipinski definition) is 4. The van der Waals surface area contributed by atoms with Crippen LogP contribution in [0.4, 0.5) is 8.78 Å². The molecule has 0 radical (unpaired) electrons. The first-order chi connectivity index (χ1) is 9.11. The van der Waals surface area contributed by atoms with Crippen LogP contribution in [-0.4, -0.2) is 39.8 Å². The third-order valence-electron chi connectivity index (χ3n) is 2.77. The highest BCUT2D eigenvalue weighted by atomic mass is 35.5. The van der Waals surface area contributed by atoms with E-state index in [1.54, 1.807) is 0 Å². The Labute approximate surface area is 119 Å². The van der Waals surface area contributed by atoms with E-state index in [1.165, 1.54) is 0 Å². The average Bonchev–Trinajstić information content (AvgIpc) is 2.50. The summed E-state index contributed by atoms with van der Waals surface area (Å²) in [5, 5.41) is -0.932. The number of hydrogen-bond donors (Lipinski definition) is 1. The van der Waals surface area contributed by atoms with Crippen LogP contribution in [0.1, 0.15) is 0 Å². The van der Waals surface area contributed by atoms with E-state index in [9.17, 15) is 25.6 Å². The molecular formula is C10H10ClF2NO4S2. The smallest absolute Gasteiger partial charge is 0.229 e. The number of benzene rings is 1. The third-order valence-corrected chi connectivity index (χ3v) is 6.67. The molecule has 0 bridgehead atoms. The monoisotopic (exact) mass is 345 g/mol. The van der Waals surface area contributed by atoms with Crippen molar-refractivity contribution in [3.63, 3.8) is 0 Å². The van der Waals surface area contributed by atoms with Crippen LogP contribution in [0.5, 0.6) is 0 Å². The molecule has 0 aliphatic carbocycles. The van der Waals surface area contributed by atoms with Crippen LogP contribution in [0.15, 0.2) is 23.1 Å². The van der Waals surface area contributed by atoms with Gasteiger partial charge < -0.3 is 0 Å². The molecule has 1 N–H and O–H groups in total. The van der Waals surface area contributed by atoms with E-state index in [0.29, 0.717) is 6.07 Å². The van der Waals surface area contributed by atoms with E-state index in [-0.39, 0.29) is 5.75 Å². The summed E-state index contributed by atoms with van der Waals surface area (Å²) >= 11 is 5.76. The zero-order valence-electron chi connectivity index (χ0n) is 9.88. The Morgan fingerprint density at radius 1 is 1.25 bits per heavy atom. The van der Waals surface area contributed by atoms with Gasteiger partial charge in [-0.3, -0.25) is 0 Å². The van der Waals surface area contributed by atoms with E-state index in [2.05, 4.69) is 0 Å². The van der Waals surface area contributed by atoms with Crippen molar-refractivity contribution in [3.05, 3.63) is 29.8 Å². The molecule has 0 saturated carbocycles. The molecule has 1 aromatic rings. The maximum Gasteiger partial charge on any atom is 0.243 e. The fraction of sp³-hybridized carbons (Fsp3) is 0.400. The zero-order chi connectivity index (χ0) is 15.1. The minimum Gasteiger partial charge on any atom is -0.229 e. The highest BCUT2D eigenvalue weighted by molar-refractivity contribution is 7.92. The normalized spacial score (nSPS) is 25.8. The van der Waals surface area contributed by atoms with Gasteiger partial charge in [0.2, 0.25) is 10.0 Å². The lowest BCUT2D eigenvalue weighted by molar-refractivity contribution is 0.535. The number of rotatable bonds is 3. The van der Waals surface area contributed by atoms with Crippen LogP contribution in [0, 0.1) is 11.6 Å². The lowest BCUT2D eigenvalue weighted by Gasteiger charge is -2.15. The molecule has 1 fully saturated rings. The predicted octanol–water partition coefficient (Wildman–Crippen LogP) is 0.648. The molecule has 112 valence electrons. The van der Waals surface area contributed by atoms with Gasteiger partial charge in [0.15, 0.2) is 9.84 Å². The second-order valence-electron chi connectivity index (χ2n) is 4.40. The van der Waals surface area contributed by atoms with Crippen molar-refractivity contribution in [1.29, 1.82) is 0 Å².